The molecule has 0 saturated carbocycles. The van der Waals surface area contributed by atoms with E-state index in [0.29, 0.717) is 13.3 Å². The van der Waals surface area contributed by atoms with Crippen molar-refractivity contribution in [2.24, 2.45) is 0 Å². The molecule has 1 N–H and O–H groups in total. The molecule has 2 rings (SSSR count). The first-order chi connectivity index (χ1) is 10.9. The number of benzene rings is 1. The van der Waals surface area contributed by atoms with E-state index in [1.165, 1.54) is 0 Å². The Morgan fingerprint density at radius 3 is 2.83 bits per heavy atom. The third-order valence-corrected chi connectivity index (χ3v) is 3.17. The van der Waals surface area contributed by atoms with Crippen molar-refractivity contribution in [2.45, 2.75) is 45.6 Å². The zero-order chi connectivity index (χ0) is 16.7. The molecular weight excluding hydrogens is 294 g/mol. The van der Waals surface area contributed by atoms with Crippen molar-refractivity contribution in [1.29, 1.82) is 0 Å². The summed E-state index contributed by atoms with van der Waals surface area (Å²) in [5, 5.41) is 2.76. The largest absolute Gasteiger partial charge is 0.454 e. The van der Waals surface area contributed by atoms with Gasteiger partial charge >= 0.3 is 6.09 Å². The summed E-state index contributed by atoms with van der Waals surface area (Å²) < 4.78 is 15.8. The number of alkyl carbamates (subject to hydrolysis) is 1. The summed E-state index contributed by atoms with van der Waals surface area (Å²) in [7, 11) is 0. The number of fused-ring (bicyclic) bond motifs is 1. The fourth-order valence-electron chi connectivity index (χ4n) is 2.13. The smallest absolute Gasteiger partial charge is 0.407 e. The Labute approximate surface area is 137 Å². The van der Waals surface area contributed by atoms with Gasteiger partial charge in [-0.3, -0.25) is 0 Å². The lowest BCUT2D eigenvalue weighted by molar-refractivity contribution is 0.0527. The molecule has 5 nitrogen and oxygen atoms in total. The first-order valence-electron chi connectivity index (χ1n) is 7.97. The average molecular weight is 319 g/mol. The summed E-state index contributed by atoms with van der Waals surface area (Å²) >= 11 is 0. The number of hydrogen-bond donors (Lipinski definition) is 1. The van der Waals surface area contributed by atoms with Crippen molar-refractivity contribution < 1.29 is 19.0 Å². The normalized spacial score (nSPS) is 13.3. The molecule has 5 heteroatoms. The molecule has 126 valence electrons. The fourth-order valence-corrected chi connectivity index (χ4v) is 2.13. The molecule has 0 bridgehead atoms. The highest BCUT2D eigenvalue weighted by Gasteiger charge is 2.15. The lowest BCUT2D eigenvalue weighted by atomic mass is 10.1. The van der Waals surface area contributed by atoms with Crippen LogP contribution in [-0.2, 0) is 4.74 Å². The fraction of sp³-hybridized carbons (Fsp3) is 0.500. The van der Waals surface area contributed by atoms with E-state index in [-0.39, 0.29) is 6.09 Å². The Bertz CT molecular complexity index is 561. The number of hydrogen-bond acceptors (Lipinski definition) is 4. The summed E-state index contributed by atoms with van der Waals surface area (Å²) in [6, 6.07) is 5.91. The van der Waals surface area contributed by atoms with Crippen LogP contribution in [0.15, 0.2) is 24.3 Å². The van der Waals surface area contributed by atoms with Crippen LogP contribution in [0.5, 0.6) is 11.5 Å². The minimum Gasteiger partial charge on any atom is -0.454 e. The SMILES string of the molecule is CC(C)(C)OC(=O)NCCCC/C=C/c1ccc2c(c1)OCO2. The second-order valence-electron chi connectivity index (χ2n) is 6.44. The van der Waals surface area contributed by atoms with Gasteiger partial charge in [-0.15, -0.1) is 0 Å². The number of ether oxygens (including phenoxy) is 3. The number of allylic oxidation sites excluding steroid dienone is 1. The van der Waals surface area contributed by atoms with Crippen molar-refractivity contribution >= 4 is 12.2 Å². The summed E-state index contributed by atoms with van der Waals surface area (Å²) in [5.74, 6) is 1.60. The van der Waals surface area contributed by atoms with Gasteiger partial charge in [-0.2, -0.15) is 0 Å². The molecule has 0 unspecified atom stereocenters. The molecule has 0 spiro atoms. The highest BCUT2D eigenvalue weighted by Crippen LogP contribution is 2.32. The van der Waals surface area contributed by atoms with E-state index < -0.39 is 5.60 Å². The molecule has 1 aliphatic heterocycles. The first kappa shape index (κ1) is 17.2. The van der Waals surface area contributed by atoms with Crippen LogP contribution in [0.3, 0.4) is 0 Å². The summed E-state index contributed by atoms with van der Waals surface area (Å²) in [4.78, 5) is 11.5. The molecule has 0 radical (unpaired) electrons. The van der Waals surface area contributed by atoms with Gasteiger partial charge in [0.05, 0.1) is 0 Å². The van der Waals surface area contributed by atoms with Gasteiger partial charge < -0.3 is 19.5 Å². The van der Waals surface area contributed by atoms with E-state index in [4.69, 9.17) is 14.2 Å². The first-order valence-corrected chi connectivity index (χ1v) is 7.97. The van der Waals surface area contributed by atoms with Crippen LogP contribution in [0.4, 0.5) is 4.79 Å². The zero-order valence-corrected chi connectivity index (χ0v) is 14.1. The molecule has 1 aliphatic rings. The highest BCUT2D eigenvalue weighted by molar-refractivity contribution is 5.67. The topological polar surface area (TPSA) is 56.8 Å². The maximum Gasteiger partial charge on any atom is 0.407 e. The zero-order valence-electron chi connectivity index (χ0n) is 14.1. The van der Waals surface area contributed by atoms with E-state index in [2.05, 4.69) is 17.5 Å². The predicted octanol–water partition coefficient (Wildman–Crippen LogP) is 4.12. The molecule has 23 heavy (non-hydrogen) atoms. The molecule has 1 aromatic carbocycles. The molecule has 0 atom stereocenters. The Kier molecular flexibility index (Phi) is 5.90. The third kappa shape index (κ3) is 6.22. The van der Waals surface area contributed by atoms with Crippen LogP contribution in [0.1, 0.15) is 45.6 Å². The molecule has 1 heterocycles. The van der Waals surface area contributed by atoms with E-state index in [1.807, 2.05) is 39.0 Å². The molecule has 0 aromatic heterocycles. The lowest BCUT2D eigenvalue weighted by Crippen LogP contribution is -2.32. The minimum atomic E-state index is -0.447. The summed E-state index contributed by atoms with van der Waals surface area (Å²) in [6.45, 7) is 6.49. The molecule has 0 aliphatic carbocycles. The molecular formula is C18H25NO4. The van der Waals surface area contributed by atoms with Crippen LogP contribution in [0.2, 0.25) is 0 Å². The van der Waals surface area contributed by atoms with Crippen LogP contribution in [-0.4, -0.2) is 25.0 Å². The number of amides is 1. The maximum absolute atomic E-state index is 11.5. The lowest BCUT2D eigenvalue weighted by Gasteiger charge is -2.19. The molecule has 0 saturated heterocycles. The standard InChI is InChI=1S/C18H25NO4/c1-18(2,3)23-17(20)19-11-7-5-4-6-8-14-9-10-15-16(12-14)22-13-21-15/h6,8-10,12H,4-5,7,11,13H2,1-3H3,(H,19,20)/b8-6+. The monoisotopic (exact) mass is 319 g/mol. The van der Waals surface area contributed by atoms with Gasteiger partial charge in [0.1, 0.15) is 5.60 Å². The van der Waals surface area contributed by atoms with Crippen LogP contribution < -0.4 is 14.8 Å². The number of unbranched alkanes of at least 4 members (excludes halogenated alkanes) is 2. The van der Waals surface area contributed by atoms with Gasteiger partial charge in [0, 0.05) is 6.54 Å². The second kappa shape index (κ2) is 7.90. The van der Waals surface area contributed by atoms with E-state index >= 15 is 0 Å². The predicted molar refractivity (Wildman–Crippen MR) is 89.7 cm³/mol. The Hall–Kier alpha value is -2.17. The Balaban J connectivity index is 1.59. The van der Waals surface area contributed by atoms with Gasteiger partial charge in [0.15, 0.2) is 11.5 Å². The molecule has 0 fully saturated rings. The summed E-state index contributed by atoms with van der Waals surface area (Å²) in [6.07, 6.45) is 6.74. The van der Waals surface area contributed by atoms with Gasteiger partial charge in [-0.25, -0.2) is 4.79 Å². The Morgan fingerprint density at radius 1 is 1.26 bits per heavy atom. The maximum atomic E-state index is 11.5. The number of rotatable bonds is 6. The second-order valence-corrected chi connectivity index (χ2v) is 6.44. The average Bonchev–Trinajstić information content (AvgIpc) is 2.92. The van der Waals surface area contributed by atoms with Crippen molar-refractivity contribution in [3.63, 3.8) is 0 Å². The van der Waals surface area contributed by atoms with Gasteiger partial charge in [0.25, 0.3) is 0 Å². The van der Waals surface area contributed by atoms with E-state index in [1.54, 1.807) is 0 Å². The van der Waals surface area contributed by atoms with Gasteiger partial charge in [-0.1, -0.05) is 18.2 Å². The summed E-state index contributed by atoms with van der Waals surface area (Å²) in [5.41, 5.74) is 0.651. The minimum absolute atomic E-state index is 0.299. The van der Waals surface area contributed by atoms with E-state index in [0.717, 1.165) is 36.3 Å². The van der Waals surface area contributed by atoms with Crippen molar-refractivity contribution in [3.8, 4) is 11.5 Å². The van der Waals surface area contributed by atoms with Crippen LogP contribution >= 0.6 is 0 Å². The quantitative estimate of drug-likeness (QED) is 0.801. The number of carbonyl (C=O) groups excluding carboxylic acids is 1. The van der Waals surface area contributed by atoms with Crippen LogP contribution in [0, 0.1) is 0 Å². The van der Waals surface area contributed by atoms with Gasteiger partial charge in [0.2, 0.25) is 6.79 Å². The van der Waals surface area contributed by atoms with Gasteiger partial charge in [-0.05, 0) is 57.7 Å². The third-order valence-electron chi connectivity index (χ3n) is 3.17. The van der Waals surface area contributed by atoms with E-state index in [9.17, 15) is 4.79 Å². The highest BCUT2D eigenvalue weighted by atomic mass is 16.7. The molecule has 1 aromatic rings. The van der Waals surface area contributed by atoms with Crippen LogP contribution in [0.25, 0.3) is 6.08 Å². The van der Waals surface area contributed by atoms with Crippen molar-refractivity contribution in [3.05, 3.63) is 29.8 Å². The molecule has 1 amide bonds. The Morgan fingerprint density at radius 2 is 2.04 bits per heavy atom. The number of nitrogens with one attached hydrogen (secondary N) is 1. The van der Waals surface area contributed by atoms with Crippen molar-refractivity contribution in [1.82, 2.24) is 5.32 Å². The number of carbonyl (C=O) groups is 1. The van der Waals surface area contributed by atoms with Crippen molar-refractivity contribution in [2.75, 3.05) is 13.3 Å².